The molecule has 26 heavy (non-hydrogen) atoms. The van der Waals surface area contributed by atoms with Crippen molar-refractivity contribution in [1.82, 2.24) is 9.78 Å². The average Bonchev–Trinajstić information content (AvgIpc) is 3.05. The molecule has 0 atom stereocenters. The summed E-state index contributed by atoms with van der Waals surface area (Å²) in [6.45, 7) is 1.19. The molecule has 0 saturated heterocycles. The summed E-state index contributed by atoms with van der Waals surface area (Å²) in [6, 6.07) is 5.90. The number of carbonyl (C=O) groups is 1. The topological polar surface area (TPSA) is 82.8 Å². The Morgan fingerprint density at radius 2 is 2.08 bits per heavy atom. The first-order chi connectivity index (χ1) is 12.3. The Kier molecular flexibility index (Phi) is 6.10. The number of alkyl halides is 3. The summed E-state index contributed by atoms with van der Waals surface area (Å²) in [5.74, 6) is -1.96. The van der Waals surface area contributed by atoms with Gasteiger partial charge in [0.1, 0.15) is 17.8 Å². The number of ether oxygens (including phenoxy) is 3. The maximum absolute atomic E-state index is 12.7. The second kappa shape index (κ2) is 8.28. The molecule has 0 saturated carbocycles. The SMILES string of the molecule is CCO/C(=C\Oc1cccc(OCn2cc(C(=O)O)cn2)c1)C(F)(F)F. The number of rotatable bonds is 8. The normalized spacial score (nSPS) is 11.9. The van der Waals surface area contributed by atoms with Gasteiger partial charge in [0.15, 0.2) is 6.73 Å². The van der Waals surface area contributed by atoms with E-state index >= 15 is 0 Å². The van der Waals surface area contributed by atoms with E-state index in [1.54, 1.807) is 6.07 Å². The molecule has 0 spiro atoms. The van der Waals surface area contributed by atoms with E-state index in [-0.39, 0.29) is 24.7 Å². The Bertz CT molecular complexity index is 786. The number of halogens is 3. The number of nitrogens with zero attached hydrogens (tertiary/aromatic N) is 2. The lowest BCUT2D eigenvalue weighted by Crippen LogP contribution is -2.15. The van der Waals surface area contributed by atoms with Crippen molar-refractivity contribution in [1.29, 1.82) is 0 Å². The molecule has 0 fully saturated rings. The van der Waals surface area contributed by atoms with E-state index in [0.29, 0.717) is 12.0 Å². The third-order valence-electron chi connectivity index (χ3n) is 2.93. The van der Waals surface area contributed by atoms with Gasteiger partial charge in [-0.1, -0.05) is 6.07 Å². The van der Waals surface area contributed by atoms with E-state index in [2.05, 4.69) is 9.84 Å². The zero-order valence-electron chi connectivity index (χ0n) is 13.6. The van der Waals surface area contributed by atoms with Gasteiger partial charge >= 0.3 is 12.1 Å². The molecule has 0 unspecified atom stereocenters. The number of hydrogen-bond acceptors (Lipinski definition) is 5. The maximum atomic E-state index is 12.7. The molecule has 0 aliphatic carbocycles. The van der Waals surface area contributed by atoms with Crippen LogP contribution in [0, 0.1) is 0 Å². The predicted octanol–water partition coefficient (Wildman–Crippen LogP) is 3.44. The first-order valence-corrected chi connectivity index (χ1v) is 7.35. The van der Waals surface area contributed by atoms with Crippen LogP contribution in [0.2, 0.25) is 0 Å². The van der Waals surface area contributed by atoms with Crippen molar-refractivity contribution in [3.63, 3.8) is 0 Å². The highest BCUT2D eigenvalue weighted by atomic mass is 19.4. The fourth-order valence-corrected chi connectivity index (χ4v) is 1.78. The number of carboxylic acids is 1. The second-order valence-electron chi connectivity index (χ2n) is 4.85. The molecule has 0 bridgehead atoms. The Balaban J connectivity index is 2.01. The lowest BCUT2D eigenvalue weighted by Gasteiger charge is -2.12. The summed E-state index contributed by atoms with van der Waals surface area (Å²) in [6.07, 6.45) is -1.73. The number of allylic oxidation sites excluding steroid dienone is 1. The first-order valence-electron chi connectivity index (χ1n) is 7.35. The van der Waals surface area contributed by atoms with Crippen molar-refractivity contribution in [2.45, 2.75) is 19.8 Å². The van der Waals surface area contributed by atoms with Crippen molar-refractivity contribution >= 4 is 5.97 Å². The molecular weight excluding hydrogens is 357 g/mol. The fourth-order valence-electron chi connectivity index (χ4n) is 1.78. The molecule has 1 aromatic heterocycles. The molecular formula is C16H15F3N2O5. The van der Waals surface area contributed by atoms with Crippen LogP contribution in [0.4, 0.5) is 13.2 Å². The number of hydrogen-bond donors (Lipinski definition) is 1. The van der Waals surface area contributed by atoms with E-state index in [1.165, 1.54) is 42.2 Å². The van der Waals surface area contributed by atoms with Gasteiger partial charge in [0.2, 0.25) is 5.76 Å². The fraction of sp³-hybridized carbons (Fsp3) is 0.250. The van der Waals surface area contributed by atoms with Crippen molar-refractivity contribution in [3.8, 4) is 11.5 Å². The Hall–Kier alpha value is -3.17. The van der Waals surface area contributed by atoms with Gasteiger partial charge in [0.25, 0.3) is 0 Å². The molecule has 2 rings (SSSR count). The van der Waals surface area contributed by atoms with Gasteiger partial charge in [-0.2, -0.15) is 18.3 Å². The molecule has 7 nitrogen and oxygen atoms in total. The predicted molar refractivity (Wildman–Crippen MR) is 82.6 cm³/mol. The molecule has 1 N–H and O–H groups in total. The van der Waals surface area contributed by atoms with Crippen molar-refractivity contribution < 1.29 is 37.3 Å². The lowest BCUT2D eigenvalue weighted by molar-refractivity contribution is -0.132. The summed E-state index contributed by atoms with van der Waals surface area (Å²) in [5.41, 5.74) is 0.00595. The summed E-state index contributed by atoms with van der Waals surface area (Å²) in [5, 5.41) is 12.6. The largest absolute Gasteiger partial charge is 0.487 e. The molecule has 1 aromatic carbocycles. The van der Waals surface area contributed by atoms with Crippen LogP contribution in [0.5, 0.6) is 11.5 Å². The Morgan fingerprint density at radius 1 is 1.35 bits per heavy atom. The molecule has 0 amide bonds. The van der Waals surface area contributed by atoms with Crippen molar-refractivity contribution in [3.05, 3.63) is 54.2 Å². The van der Waals surface area contributed by atoms with Gasteiger partial charge in [-0.25, -0.2) is 9.48 Å². The third kappa shape index (κ3) is 5.43. The summed E-state index contributed by atoms with van der Waals surface area (Å²) in [7, 11) is 0. The monoisotopic (exact) mass is 372 g/mol. The molecule has 0 radical (unpaired) electrons. The minimum absolute atomic E-state index is 0.00595. The highest BCUT2D eigenvalue weighted by Crippen LogP contribution is 2.27. The zero-order valence-corrected chi connectivity index (χ0v) is 13.6. The first kappa shape index (κ1) is 19.2. The Morgan fingerprint density at radius 3 is 2.69 bits per heavy atom. The summed E-state index contributed by atoms with van der Waals surface area (Å²) >= 11 is 0. The average molecular weight is 372 g/mol. The number of carboxylic acid groups (broad SMARTS) is 1. The second-order valence-corrected chi connectivity index (χ2v) is 4.85. The number of aromatic carboxylic acids is 1. The lowest BCUT2D eigenvalue weighted by atomic mass is 10.3. The van der Waals surface area contributed by atoms with Crippen LogP contribution >= 0.6 is 0 Å². The van der Waals surface area contributed by atoms with Crippen LogP contribution in [0.1, 0.15) is 17.3 Å². The van der Waals surface area contributed by atoms with Crippen LogP contribution in [0.3, 0.4) is 0 Å². The van der Waals surface area contributed by atoms with Crippen molar-refractivity contribution in [2.24, 2.45) is 0 Å². The number of benzene rings is 1. The maximum Gasteiger partial charge on any atom is 0.452 e. The minimum Gasteiger partial charge on any atom is -0.487 e. The van der Waals surface area contributed by atoms with Gasteiger partial charge in [0.05, 0.1) is 18.4 Å². The van der Waals surface area contributed by atoms with Crippen LogP contribution in [0.15, 0.2) is 48.7 Å². The van der Waals surface area contributed by atoms with Crippen LogP contribution in [-0.2, 0) is 11.5 Å². The van der Waals surface area contributed by atoms with Crippen molar-refractivity contribution in [2.75, 3.05) is 6.61 Å². The molecule has 0 aliphatic rings. The molecule has 1 heterocycles. The molecule has 10 heteroatoms. The standard InChI is InChI=1S/C16H15F3N2O5/c1-2-24-14(16(17,18)19)9-25-12-4-3-5-13(6-12)26-10-21-8-11(7-20-21)15(22)23/h3-9H,2,10H2,1H3,(H,22,23)/b14-9-. The quantitative estimate of drug-likeness (QED) is 0.715. The minimum atomic E-state index is -4.66. The van der Waals surface area contributed by atoms with Gasteiger partial charge in [-0.05, 0) is 19.1 Å². The van der Waals surface area contributed by atoms with Crippen LogP contribution in [0.25, 0.3) is 0 Å². The van der Waals surface area contributed by atoms with E-state index in [1.807, 2.05) is 0 Å². The van der Waals surface area contributed by atoms with Crippen LogP contribution < -0.4 is 9.47 Å². The van der Waals surface area contributed by atoms with Gasteiger partial charge < -0.3 is 19.3 Å². The van der Waals surface area contributed by atoms with Gasteiger partial charge in [-0.15, -0.1) is 0 Å². The highest BCUT2D eigenvalue weighted by Gasteiger charge is 2.36. The van der Waals surface area contributed by atoms with Gasteiger partial charge in [-0.3, -0.25) is 0 Å². The highest BCUT2D eigenvalue weighted by molar-refractivity contribution is 5.86. The van der Waals surface area contributed by atoms with E-state index in [4.69, 9.17) is 14.6 Å². The van der Waals surface area contributed by atoms with E-state index < -0.39 is 17.9 Å². The molecule has 140 valence electrons. The zero-order chi connectivity index (χ0) is 19.2. The smallest absolute Gasteiger partial charge is 0.452 e. The van der Waals surface area contributed by atoms with Crippen LogP contribution in [-0.4, -0.2) is 33.6 Å². The third-order valence-corrected chi connectivity index (χ3v) is 2.93. The summed E-state index contributed by atoms with van der Waals surface area (Å²) < 4.78 is 54.3. The molecule has 2 aromatic rings. The van der Waals surface area contributed by atoms with E-state index in [0.717, 1.165) is 0 Å². The molecule has 0 aliphatic heterocycles. The Labute approximate surface area is 146 Å². The number of aromatic nitrogens is 2. The summed E-state index contributed by atoms with van der Waals surface area (Å²) in [4.78, 5) is 10.8. The van der Waals surface area contributed by atoms with Gasteiger partial charge in [0, 0.05) is 12.3 Å². The van der Waals surface area contributed by atoms with E-state index in [9.17, 15) is 18.0 Å².